The molecule has 0 unspecified atom stereocenters. The molecule has 0 bridgehead atoms. The van der Waals surface area contributed by atoms with E-state index in [9.17, 15) is 14.9 Å². The maximum Gasteiger partial charge on any atom is 0.339 e. The van der Waals surface area contributed by atoms with Gasteiger partial charge in [-0.15, -0.1) is 0 Å². The number of benzene rings is 3. The third-order valence-corrected chi connectivity index (χ3v) is 6.13. The molecule has 0 aliphatic heterocycles. The Morgan fingerprint density at radius 1 is 1.03 bits per heavy atom. The Kier molecular flexibility index (Phi) is 5.82. The third-order valence-electron chi connectivity index (χ3n) is 5.87. The van der Waals surface area contributed by atoms with Gasteiger partial charge in [-0.05, 0) is 71.5 Å². The second-order valence-corrected chi connectivity index (χ2v) is 8.49. The molecule has 5 rings (SSSR count). The van der Waals surface area contributed by atoms with Crippen molar-refractivity contribution < 1.29 is 14.5 Å². The lowest BCUT2D eigenvalue weighted by Crippen LogP contribution is -2.10. The second kappa shape index (κ2) is 9.08. The molecule has 0 N–H and O–H groups in total. The highest BCUT2D eigenvalue weighted by Gasteiger charge is 2.27. The molecule has 1 aliphatic rings. The molecule has 6 nitrogen and oxygen atoms in total. The number of halogens is 1. The van der Waals surface area contributed by atoms with E-state index in [1.54, 1.807) is 12.1 Å². The highest BCUT2D eigenvalue weighted by atomic mass is 35.5. The number of carbonyl (C=O) groups excluding carboxylic acids is 1. The Balaban J connectivity index is 1.49. The Morgan fingerprint density at radius 3 is 2.50 bits per heavy atom. The van der Waals surface area contributed by atoms with Crippen LogP contribution in [0, 0.1) is 10.1 Å². The Hall–Kier alpha value is -4.03. The number of pyridine rings is 1. The van der Waals surface area contributed by atoms with E-state index >= 15 is 0 Å². The summed E-state index contributed by atoms with van der Waals surface area (Å²) >= 11 is 6.01. The molecular weight excluding hydrogens is 452 g/mol. The van der Waals surface area contributed by atoms with Gasteiger partial charge < -0.3 is 4.74 Å². The van der Waals surface area contributed by atoms with Gasteiger partial charge in [0.2, 0.25) is 0 Å². The van der Waals surface area contributed by atoms with E-state index in [0.717, 1.165) is 39.7 Å². The fraction of sp³-hybridized carbons (Fsp3) is 0.111. The minimum Gasteiger partial charge on any atom is -0.457 e. The molecule has 4 aromatic rings. The predicted octanol–water partition coefficient (Wildman–Crippen LogP) is 6.64. The Labute approximate surface area is 200 Å². The lowest BCUT2D eigenvalue weighted by atomic mass is 10.0. The molecule has 0 spiro atoms. The number of aromatic nitrogens is 1. The van der Waals surface area contributed by atoms with Gasteiger partial charge in [0.1, 0.15) is 6.61 Å². The van der Waals surface area contributed by atoms with Crippen LogP contribution in [0.25, 0.3) is 22.6 Å². The van der Waals surface area contributed by atoms with Crippen LogP contribution >= 0.6 is 11.6 Å². The quantitative estimate of drug-likeness (QED) is 0.185. The van der Waals surface area contributed by atoms with Crippen molar-refractivity contribution in [2.24, 2.45) is 0 Å². The van der Waals surface area contributed by atoms with E-state index in [2.05, 4.69) is 6.08 Å². The van der Waals surface area contributed by atoms with Crippen LogP contribution in [0.5, 0.6) is 0 Å². The SMILES string of the molecule is O=C(OCc1ccc([N+](=O)[O-])cc1)c1c2c(nc3ccccc13)C(=Cc1ccc(Cl)cc1)CC2. The molecule has 0 amide bonds. The van der Waals surface area contributed by atoms with Crippen molar-refractivity contribution in [3.63, 3.8) is 0 Å². The molecule has 34 heavy (non-hydrogen) atoms. The summed E-state index contributed by atoms with van der Waals surface area (Å²) in [5.74, 6) is -0.430. The molecule has 1 heterocycles. The molecule has 3 aromatic carbocycles. The van der Waals surface area contributed by atoms with Gasteiger partial charge in [0.25, 0.3) is 5.69 Å². The van der Waals surface area contributed by atoms with Gasteiger partial charge in [0.15, 0.2) is 0 Å². The van der Waals surface area contributed by atoms with Crippen molar-refractivity contribution in [3.05, 3.63) is 116 Å². The fourth-order valence-corrected chi connectivity index (χ4v) is 4.33. The molecule has 1 aliphatic carbocycles. The van der Waals surface area contributed by atoms with Crippen molar-refractivity contribution in [1.29, 1.82) is 0 Å². The van der Waals surface area contributed by atoms with Crippen LogP contribution in [-0.4, -0.2) is 15.9 Å². The normalized spacial score (nSPS) is 13.7. The zero-order valence-corrected chi connectivity index (χ0v) is 18.8. The van der Waals surface area contributed by atoms with Crippen LogP contribution in [0.2, 0.25) is 5.02 Å². The van der Waals surface area contributed by atoms with Crippen LogP contribution in [0.1, 0.15) is 39.2 Å². The van der Waals surface area contributed by atoms with Gasteiger partial charge in [-0.3, -0.25) is 10.1 Å². The molecule has 168 valence electrons. The van der Waals surface area contributed by atoms with E-state index in [4.69, 9.17) is 21.3 Å². The zero-order valence-electron chi connectivity index (χ0n) is 18.0. The molecule has 1 aromatic heterocycles. The molecular formula is C27H19ClN2O4. The summed E-state index contributed by atoms with van der Waals surface area (Å²) in [6, 6.07) is 21.1. The van der Waals surface area contributed by atoms with Crippen LogP contribution in [0.3, 0.4) is 0 Å². The molecule has 0 atom stereocenters. The van der Waals surface area contributed by atoms with Crippen molar-refractivity contribution in [2.75, 3.05) is 0 Å². The van der Waals surface area contributed by atoms with Crippen LogP contribution in [0.15, 0.2) is 72.8 Å². The average molecular weight is 471 g/mol. The predicted molar refractivity (Wildman–Crippen MR) is 132 cm³/mol. The maximum atomic E-state index is 13.3. The molecule has 0 radical (unpaired) electrons. The molecule has 0 fully saturated rings. The summed E-state index contributed by atoms with van der Waals surface area (Å²) in [6.07, 6.45) is 3.54. The Morgan fingerprint density at radius 2 is 1.76 bits per heavy atom. The summed E-state index contributed by atoms with van der Waals surface area (Å²) in [6.45, 7) is 0.0235. The summed E-state index contributed by atoms with van der Waals surface area (Å²) < 4.78 is 5.64. The van der Waals surface area contributed by atoms with Crippen molar-refractivity contribution in [2.45, 2.75) is 19.4 Å². The van der Waals surface area contributed by atoms with E-state index in [0.29, 0.717) is 22.6 Å². The molecule has 0 saturated carbocycles. The monoisotopic (exact) mass is 470 g/mol. The minimum atomic E-state index is -0.461. The van der Waals surface area contributed by atoms with Crippen molar-refractivity contribution >= 4 is 45.8 Å². The lowest BCUT2D eigenvalue weighted by Gasteiger charge is -2.12. The number of rotatable bonds is 5. The van der Waals surface area contributed by atoms with E-state index in [1.165, 1.54) is 12.1 Å². The number of para-hydroxylation sites is 1. The standard InChI is InChI=1S/C27H19ClN2O4/c28-20-10-5-17(6-11-20)15-19-9-14-23-25(22-3-1-2-4-24(22)29-26(19)23)27(31)34-16-18-7-12-21(13-8-18)30(32)33/h1-8,10-13,15H,9,14,16H2. The number of non-ortho nitro benzene ring substituents is 1. The highest BCUT2D eigenvalue weighted by Crippen LogP contribution is 2.38. The molecule has 7 heteroatoms. The number of nitro groups is 1. The number of ether oxygens (including phenoxy) is 1. The largest absolute Gasteiger partial charge is 0.457 e. The van der Waals surface area contributed by atoms with Crippen LogP contribution in [-0.2, 0) is 17.8 Å². The number of hydrogen-bond donors (Lipinski definition) is 0. The minimum absolute atomic E-state index is 0.00646. The first kappa shape index (κ1) is 21.8. The van der Waals surface area contributed by atoms with Gasteiger partial charge in [0, 0.05) is 22.5 Å². The lowest BCUT2D eigenvalue weighted by molar-refractivity contribution is -0.384. The summed E-state index contributed by atoms with van der Waals surface area (Å²) in [5.41, 5.74) is 5.71. The number of esters is 1. The zero-order chi connectivity index (χ0) is 23.7. The second-order valence-electron chi connectivity index (χ2n) is 8.05. The van der Waals surface area contributed by atoms with Crippen LogP contribution in [0.4, 0.5) is 5.69 Å². The van der Waals surface area contributed by atoms with Crippen molar-refractivity contribution in [3.8, 4) is 0 Å². The number of carbonyl (C=O) groups is 1. The van der Waals surface area contributed by atoms with Crippen LogP contribution < -0.4 is 0 Å². The van der Waals surface area contributed by atoms with Gasteiger partial charge in [-0.2, -0.15) is 0 Å². The van der Waals surface area contributed by atoms with Gasteiger partial charge in [-0.1, -0.05) is 41.9 Å². The average Bonchev–Trinajstić information content (AvgIpc) is 3.24. The van der Waals surface area contributed by atoms with Gasteiger partial charge in [0.05, 0.1) is 21.7 Å². The topological polar surface area (TPSA) is 82.3 Å². The highest BCUT2D eigenvalue weighted by molar-refractivity contribution is 6.30. The number of fused-ring (bicyclic) bond motifs is 2. The van der Waals surface area contributed by atoms with E-state index < -0.39 is 10.9 Å². The van der Waals surface area contributed by atoms with Gasteiger partial charge in [-0.25, -0.2) is 9.78 Å². The third kappa shape index (κ3) is 4.28. The number of nitrogens with zero attached hydrogens (tertiary/aromatic N) is 2. The van der Waals surface area contributed by atoms with E-state index in [-0.39, 0.29) is 12.3 Å². The first-order valence-corrected chi connectivity index (χ1v) is 11.2. The molecule has 0 saturated heterocycles. The van der Waals surface area contributed by atoms with Crippen molar-refractivity contribution in [1.82, 2.24) is 4.98 Å². The smallest absolute Gasteiger partial charge is 0.339 e. The summed E-state index contributed by atoms with van der Waals surface area (Å²) in [4.78, 5) is 28.5. The maximum absolute atomic E-state index is 13.3. The number of allylic oxidation sites excluding steroid dienone is 1. The number of nitro benzene ring substituents is 1. The number of hydrogen-bond acceptors (Lipinski definition) is 5. The first-order chi connectivity index (χ1) is 16.5. The van der Waals surface area contributed by atoms with E-state index in [1.807, 2.05) is 48.5 Å². The Bertz CT molecular complexity index is 1440. The summed E-state index contributed by atoms with van der Waals surface area (Å²) in [7, 11) is 0. The van der Waals surface area contributed by atoms with Gasteiger partial charge >= 0.3 is 5.97 Å². The first-order valence-electron chi connectivity index (χ1n) is 10.8. The fourth-order valence-electron chi connectivity index (χ4n) is 4.21. The summed E-state index contributed by atoms with van der Waals surface area (Å²) in [5, 5.41) is 12.3.